The molecule has 7 nitrogen and oxygen atoms in total. The van der Waals surface area contributed by atoms with Crippen LogP contribution in [0.25, 0.3) is 11.3 Å². The second-order valence-corrected chi connectivity index (χ2v) is 5.45. The molecular weight excluding hydrogens is 268 g/mol. The maximum atomic E-state index is 10.5. The van der Waals surface area contributed by atoms with Gasteiger partial charge in [-0.1, -0.05) is 4.68 Å². The molecule has 8 heteroatoms. The molecule has 0 saturated heterocycles. The third-order valence-corrected chi connectivity index (χ3v) is 3.10. The highest BCUT2D eigenvalue weighted by molar-refractivity contribution is 7.85. The standard InChI is InChI=1S/C11H12N4O3S/c1-9-12-4-2-11(14-9)10-3-5-15(13-8-10)6-7-19(16,17)18/h2-5,8H,6-7H2,1H3. The molecule has 0 unspecified atom stereocenters. The second kappa shape index (κ2) is 5.37. The number of aromatic nitrogens is 4. The normalized spacial score (nSPS) is 11.5. The Kier molecular flexibility index (Phi) is 3.82. The molecule has 2 aromatic rings. The Morgan fingerprint density at radius 2 is 2.16 bits per heavy atom. The fourth-order valence-electron chi connectivity index (χ4n) is 1.49. The van der Waals surface area contributed by atoms with Crippen molar-refractivity contribution in [3.05, 3.63) is 36.5 Å². The van der Waals surface area contributed by atoms with Gasteiger partial charge in [0, 0.05) is 17.8 Å². The quantitative estimate of drug-likeness (QED) is 0.562. The van der Waals surface area contributed by atoms with Gasteiger partial charge in [0.05, 0.1) is 11.4 Å². The predicted molar refractivity (Wildman–Crippen MR) is 64.8 cm³/mol. The van der Waals surface area contributed by atoms with E-state index in [2.05, 4.69) is 15.1 Å². The molecule has 0 saturated carbocycles. The summed E-state index contributed by atoms with van der Waals surface area (Å²) in [5, 5.41) is 4.04. The van der Waals surface area contributed by atoms with Gasteiger partial charge in [-0.05, 0) is 18.1 Å². The van der Waals surface area contributed by atoms with Crippen molar-refractivity contribution < 1.29 is 17.7 Å². The fraction of sp³-hybridized carbons (Fsp3) is 0.273. The van der Waals surface area contributed by atoms with Crippen molar-refractivity contribution in [1.82, 2.24) is 15.1 Å². The smallest absolute Gasteiger partial charge is 0.197 e. The van der Waals surface area contributed by atoms with Crippen LogP contribution in [0, 0.1) is 6.92 Å². The summed E-state index contributed by atoms with van der Waals surface area (Å²) in [5.74, 6) is 0.183. The molecule has 0 N–H and O–H groups in total. The topological polar surface area (TPSA) is 99.8 Å². The van der Waals surface area contributed by atoms with Crippen molar-refractivity contribution in [1.29, 1.82) is 0 Å². The fourth-order valence-corrected chi connectivity index (χ4v) is 1.90. The van der Waals surface area contributed by atoms with Crippen molar-refractivity contribution >= 4 is 10.1 Å². The van der Waals surface area contributed by atoms with Crippen LogP contribution in [-0.4, -0.2) is 33.8 Å². The van der Waals surface area contributed by atoms with Gasteiger partial charge in [-0.2, -0.15) is 0 Å². The lowest BCUT2D eigenvalue weighted by atomic mass is 10.2. The van der Waals surface area contributed by atoms with E-state index in [0.717, 1.165) is 11.3 Å². The summed E-state index contributed by atoms with van der Waals surface area (Å²) in [4.78, 5) is 8.25. The van der Waals surface area contributed by atoms with Gasteiger partial charge in [0.25, 0.3) is 0 Å². The third-order valence-electron chi connectivity index (χ3n) is 2.41. The summed E-state index contributed by atoms with van der Waals surface area (Å²) in [6.45, 7) is 1.83. The van der Waals surface area contributed by atoms with Gasteiger partial charge in [0.2, 0.25) is 0 Å². The molecule has 0 atom stereocenters. The highest BCUT2D eigenvalue weighted by atomic mass is 32.2. The Morgan fingerprint density at radius 1 is 1.37 bits per heavy atom. The zero-order valence-corrected chi connectivity index (χ0v) is 11.0. The lowest BCUT2D eigenvalue weighted by Gasteiger charge is -2.03. The van der Waals surface area contributed by atoms with Crippen LogP contribution in [0.5, 0.6) is 0 Å². The van der Waals surface area contributed by atoms with Crippen molar-refractivity contribution in [3.63, 3.8) is 0 Å². The Morgan fingerprint density at radius 3 is 2.74 bits per heavy atom. The maximum absolute atomic E-state index is 10.5. The van der Waals surface area contributed by atoms with Crippen LogP contribution in [0.4, 0.5) is 0 Å². The first-order valence-corrected chi connectivity index (χ1v) is 7.11. The molecule has 2 rings (SSSR count). The Bertz CT molecular complexity index is 671. The van der Waals surface area contributed by atoms with E-state index in [1.807, 2.05) is 0 Å². The molecule has 2 aromatic heterocycles. The number of rotatable bonds is 4. The lowest BCUT2D eigenvalue weighted by Crippen LogP contribution is -2.40. The maximum Gasteiger partial charge on any atom is 0.197 e. The Labute approximate surface area is 110 Å². The Hall–Kier alpha value is -1.93. The zero-order chi connectivity index (χ0) is 13.9. The zero-order valence-electron chi connectivity index (χ0n) is 10.2. The van der Waals surface area contributed by atoms with Crippen LogP contribution in [0.15, 0.2) is 30.7 Å². The molecule has 100 valence electrons. The van der Waals surface area contributed by atoms with E-state index >= 15 is 0 Å². The van der Waals surface area contributed by atoms with E-state index in [1.165, 1.54) is 4.68 Å². The van der Waals surface area contributed by atoms with Crippen LogP contribution >= 0.6 is 0 Å². The summed E-state index contributed by atoms with van der Waals surface area (Å²) in [6, 6.07) is 3.52. The van der Waals surface area contributed by atoms with Crippen LogP contribution in [0.3, 0.4) is 0 Å². The van der Waals surface area contributed by atoms with Crippen LogP contribution in [0.1, 0.15) is 5.82 Å². The Balaban J connectivity index is 2.15. The van der Waals surface area contributed by atoms with E-state index < -0.39 is 15.9 Å². The molecule has 0 bridgehead atoms. The van der Waals surface area contributed by atoms with Crippen molar-refractivity contribution in [2.75, 3.05) is 5.75 Å². The molecule has 0 aliphatic heterocycles. The van der Waals surface area contributed by atoms with Gasteiger partial charge in [-0.15, -0.1) is 0 Å². The van der Waals surface area contributed by atoms with Crippen LogP contribution < -0.4 is 4.68 Å². The van der Waals surface area contributed by atoms with E-state index in [9.17, 15) is 13.0 Å². The number of nitrogens with zero attached hydrogens (tertiary/aromatic N) is 4. The predicted octanol–water partition coefficient (Wildman–Crippen LogP) is -0.320. The number of hydrogen-bond donors (Lipinski definition) is 0. The molecule has 2 heterocycles. The molecule has 0 aliphatic rings. The lowest BCUT2D eigenvalue weighted by molar-refractivity contribution is -0.750. The molecule has 0 aromatic carbocycles. The van der Waals surface area contributed by atoms with Gasteiger partial charge in [-0.3, -0.25) is 0 Å². The number of aryl methyl sites for hydroxylation is 2. The van der Waals surface area contributed by atoms with Gasteiger partial charge < -0.3 is 4.55 Å². The molecule has 19 heavy (non-hydrogen) atoms. The molecular formula is C11H12N4O3S. The van der Waals surface area contributed by atoms with Gasteiger partial charge in [0.1, 0.15) is 22.1 Å². The van der Waals surface area contributed by atoms with E-state index in [0.29, 0.717) is 5.82 Å². The minimum Gasteiger partial charge on any atom is -0.748 e. The highest BCUT2D eigenvalue weighted by Gasteiger charge is 2.07. The summed E-state index contributed by atoms with van der Waals surface area (Å²) in [7, 11) is -4.22. The first kappa shape index (κ1) is 13.5. The number of hydrogen-bond acceptors (Lipinski definition) is 6. The molecule has 0 amide bonds. The molecule has 0 fully saturated rings. The van der Waals surface area contributed by atoms with Crippen molar-refractivity contribution in [2.45, 2.75) is 13.5 Å². The van der Waals surface area contributed by atoms with Crippen LogP contribution in [-0.2, 0) is 16.7 Å². The average molecular weight is 280 g/mol. The average Bonchev–Trinajstić information content (AvgIpc) is 2.36. The van der Waals surface area contributed by atoms with E-state index in [4.69, 9.17) is 0 Å². The second-order valence-electron chi connectivity index (χ2n) is 3.93. The summed E-state index contributed by atoms with van der Waals surface area (Å²) < 4.78 is 32.9. The van der Waals surface area contributed by atoms with E-state index in [1.54, 1.807) is 37.6 Å². The first-order chi connectivity index (χ1) is 8.94. The van der Waals surface area contributed by atoms with Gasteiger partial charge >= 0.3 is 0 Å². The highest BCUT2D eigenvalue weighted by Crippen LogP contribution is 2.12. The minimum atomic E-state index is -4.22. The monoisotopic (exact) mass is 280 g/mol. The largest absolute Gasteiger partial charge is 0.748 e. The molecule has 0 spiro atoms. The summed E-state index contributed by atoms with van der Waals surface area (Å²) >= 11 is 0. The van der Waals surface area contributed by atoms with Crippen LogP contribution in [0.2, 0.25) is 0 Å². The van der Waals surface area contributed by atoms with Gasteiger partial charge in [-0.25, -0.2) is 18.4 Å². The van der Waals surface area contributed by atoms with Crippen molar-refractivity contribution in [3.8, 4) is 11.3 Å². The SMILES string of the molecule is Cc1nccc(-c2cc[n+](CCS(=O)(=O)[O-])nc2)n1. The summed E-state index contributed by atoms with van der Waals surface area (Å²) in [5.41, 5.74) is 1.54. The van der Waals surface area contributed by atoms with Gasteiger partial charge in [0.15, 0.2) is 12.7 Å². The minimum absolute atomic E-state index is 0.0366. The first-order valence-electron chi connectivity index (χ1n) is 5.53. The summed E-state index contributed by atoms with van der Waals surface area (Å²) in [6.07, 6.45) is 4.83. The van der Waals surface area contributed by atoms with E-state index in [-0.39, 0.29) is 6.54 Å². The molecule has 0 aliphatic carbocycles. The molecule has 0 radical (unpaired) electrons. The van der Waals surface area contributed by atoms with Crippen molar-refractivity contribution in [2.24, 2.45) is 0 Å². The third kappa shape index (κ3) is 4.04.